The number of benzene rings is 1. The number of esters is 1. The van der Waals surface area contributed by atoms with Gasteiger partial charge in [0.2, 0.25) is 5.91 Å². The summed E-state index contributed by atoms with van der Waals surface area (Å²) in [6, 6.07) is 7.21. The van der Waals surface area contributed by atoms with Gasteiger partial charge in [0.05, 0.1) is 25.1 Å². The van der Waals surface area contributed by atoms with E-state index in [1.165, 1.54) is 37.3 Å². The molecule has 1 atom stereocenters. The van der Waals surface area contributed by atoms with E-state index in [0.29, 0.717) is 10.7 Å². The summed E-state index contributed by atoms with van der Waals surface area (Å²) >= 11 is 1.45. The molecule has 7 heteroatoms. The Morgan fingerprint density at radius 2 is 2.11 bits per heavy atom. The van der Waals surface area contributed by atoms with Gasteiger partial charge in [-0.25, -0.2) is 9.78 Å². The average Bonchev–Trinajstić information content (AvgIpc) is 3.22. The summed E-state index contributed by atoms with van der Waals surface area (Å²) in [7, 11) is 0. The molecule has 2 N–H and O–H groups in total. The molecule has 4 rings (SSSR count). The third-order valence-electron chi connectivity index (χ3n) is 5.36. The monoisotopic (exact) mass is 386 g/mol. The number of piperidine rings is 1. The summed E-state index contributed by atoms with van der Waals surface area (Å²) in [6.45, 7) is 5.60. The average molecular weight is 386 g/mol. The fourth-order valence-electron chi connectivity index (χ4n) is 3.76. The van der Waals surface area contributed by atoms with E-state index in [1.807, 2.05) is 17.5 Å². The van der Waals surface area contributed by atoms with Gasteiger partial charge in [-0.1, -0.05) is 25.1 Å². The van der Waals surface area contributed by atoms with Crippen LogP contribution in [-0.4, -0.2) is 29.9 Å². The largest absolute Gasteiger partial charge is 0.453 e. The molecule has 3 heterocycles. The van der Waals surface area contributed by atoms with Crippen molar-refractivity contribution in [1.82, 2.24) is 4.98 Å². The second-order valence-corrected chi connectivity index (χ2v) is 8.34. The van der Waals surface area contributed by atoms with E-state index in [4.69, 9.17) is 4.74 Å². The molecule has 0 radical (unpaired) electrons. The fraction of sp³-hybridized carbons (Fsp3) is 0.450. The molecule has 2 aliphatic heterocycles. The number of quaternary nitrogens is 1. The highest BCUT2D eigenvalue weighted by atomic mass is 32.1. The Balaban J connectivity index is 1.32. The number of nitrogens with zero attached hydrogens (tertiary/aromatic N) is 1. The molecule has 0 bridgehead atoms. The van der Waals surface area contributed by atoms with Gasteiger partial charge >= 0.3 is 5.97 Å². The van der Waals surface area contributed by atoms with Crippen LogP contribution >= 0.6 is 11.3 Å². The van der Waals surface area contributed by atoms with Crippen LogP contribution in [0.2, 0.25) is 0 Å². The number of fused-ring (bicyclic) bond motifs is 1. The number of amides is 1. The van der Waals surface area contributed by atoms with Crippen LogP contribution in [0.15, 0.2) is 29.6 Å². The number of nitrogens with one attached hydrogen (secondary N) is 2. The highest BCUT2D eigenvalue weighted by Crippen LogP contribution is 2.33. The van der Waals surface area contributed by atoms with Gasteiger partial charge in [0, 0.05) is 10.9 Å². The number of anilines is 1. The summed E-state index contributed by atoms with van der Waals surface area (Å²) < 4.78 is 5.33. The van der Waals surface area contributed by atoms with Crippen LogP contribution < -0.4 is 10.2 Å². The quantitative estimate of drug-likeness (QED) is 0.773. The molecule has 6 nitrogen and oxygen atoms in total. The molecule has 0 aliphatic carbocycles. The van der Waals surface area contributed by atoms with E-state index in [2.05, 4.69) is 17.2 Å². The summed E-state index contributed by atoms with van der Waals surface area (Å²) in [5, 5.41) is 5.48. The minimum Gasteiger partial charge on any atom is -0.453 e. The molecule has 0 spiro atoms. The van der Waals surface area contributed by atoms with Crippen LogP contribution in [0.3, 0.4) is 0 Å². The van der Waals surface area contributed by atoms with Gasteiger partial charge in [-0.05, 0) is 24.8 Å². The Labute approximate surface area is 162 Å². The van der Waals surface area contributed by atoms with Crippen molar-refractivity contribution in [3.05, 3.63) is 46.5 Å². The van der Waals surface area contributed by atoms with Gasteiger partial charge in [-0.2, -0.15) is 0 Å². The topological polar surface area (TPSA) is 72.7 Å². The zero-order valence-corrected chi connectivity index (χ0v) is 16.2. The van der Waals surface area contributed by atoms with Crippen molar-refractivity contribution in [3.63, 3.8) is 0 Å². The van der Waals surface area contributed by atoms with Crippen molar-refractivity contribution in [3.8, 4) is 0 Å². The maximum Gasteiger partial charge on any atom is 0.339 e. The lowest BCUT2D eigenvalue weighted by Gasteiger charge is -2.26. The molecule has 142 valence electrons. The van der Waals surface area contributed by atoms with Crippen LogP contribution in [0.1, 0.15) is 53.9 Å². The number of thiazole rings is 1. The Morgan fingerprint density at radius 3 is 2.93 bits per heavy atom. The third-order valence-corrected chi connectivity index (χ3v) is 6.16. The second kappa shape index (κ2) is 7.78. The molecule has 27 heavy (non-hydrogen) atoms. The first-order chi connectivity index (χ1) is 13.1. The Hall–Kier alpha value is -2.25. The summed E-state index contributed by atoms with van der Waals surface area (Å²) in [6.07, 6.45) is 2.12. The van der Waals surface area contributed by atoms with Crippen molar-refractivity contribution in [2.75, 3.05) is 18.4 Å². The van der Waals surface area contributed by atoms with E-state index in [0.717, 1.165) is 23.7 Å². The molecule has 1 aromatic carbocycles. The summed E-state index contributed by atoms with van der Waals surface area (Å²) in [5.41, 5.74) is 2.35. The van der Waals surface area contributed by atoms with E-state index in [-0.39, 0.29) is 18.3 Å². The minimum atomic E-state index is -0.520. The highest BCUT2D eigenvalue weighted by molar-refractivity contribution is 7.13. The maximum absolute atomic E-state index is 12.4. The molecule has 1 aromatic heterocycles. The predicted molar refractivity (Wildman–Crippen MR) is 103 cm³/mol. The number of aromatic nitrogens is 1. The number of rotatable bonds is 5. The third kappa shape index (κ3) is 4.20. The molecular formula is C20H24N3O3S+. The lowest BCUT2D eigenvalue weighted by atomic mass is 9.99. The van der Waals surface area contributed by atoms with Crippen LogP contribution in [0.5, 0.6) is 0 Å². The van der Waals surface area contributed by atoms with E-state index >= 15 is 0 Å². The molecule has 2 aromatic rings. The van der Waals surface area contributed by atoms with Crippen molar-refractivity contribution in [2.24, 2.45) is 5.92 Å². The zero-order chi connectivity index (χ0) is 18.8. The smallest absolute Gasteiger partial charge is 0.339 e. The Bertz CT molecular complexity index is 843. The standard InChI is InChI=1S/C20H23N3O3S/c1-13-6-8-23(9-7-13)11-14-12-27-20(21-14)22-18(24)10-17-15-4-2-3-5-16(15)19(25)26-17/h2-5,12-13,17H,6-11H2,1H3,(H,21,22,24)/p+1/t17-/m1/s1. The first-order valence-electron chi connectivity index (χ1n) is 9.46. The van der Waals surface area contributed by atoms with E-state index < -0.39 is 6.10 Å². The molecule has 0 unspecified atom stereocenters. The van der Waals surface area contributed by atoms with Crippen molar-refractivity contribution < 1.29 is 19.2 Å². The Kier molecular flexibility index (Phi) is 5.22. The number of likely N-dealkylation sites (tertiary alicyclic amines) is 1. The summed E-state index contributed by atoms with van der Waals surface area (Å²) in [5.74, 6) is 0.275. The van der Waals surface area contributed by atoms with Crippen LogP contribution in [0.25, 0.3) is 0 Å². The van der Waals surface area contributed by atoms with E-state index in [1.54, 1.807) is 17.0 Å². The number of hydrogen-bond donors (Lipinski definition) is 2. The molecule has 0 saturated carbocycles. The summed E-state index contributed by atoms with van der Waals surface area (Å²) in [4.78, 5) is 30.4. The first-order valence-corrected chi connectivity index (χ1v) is 10.3. The van der Waals surface area contributed by atoms with Crippen LogP contribution in [0, 0.1) is 5.92 Å². The second-order valence-electron chi connectivity index (χ2n) is 7.49. The first kappa shape index (κ1) is 18.1. The minimum absolute atomic E-state index is 0.104. The van der Waals surface area contributed by atoms with Gasteiger partial charge < -0.3 is 15.0 Å². The van der Waals surface area contributed by atoms with Gasteiger partial charge in [-0.3, -0.25) is 4.79 Å². The number of ether oxygens (including phenoxy) is 1. The van der Waals surface area contributed by atoms with Gasteiger partial charge in [0.25, 0.3) is 0 Å². The van der Waals surface area contributed by atoms with Crippen molar-refractivity contribution >= 4 is 28.3 Å². The number of cyclic esters (lactones) is 1. The lowest BCUT2D eigenvalue weighted by molar-refractivity contribution is -0.920. The predicted octanol–water partition coefficient (Wildman–Crippen LogP) is 2.20. The highest BCUT2D eigenvalue weighted by Gasteiger charge is 2.32. The fourth-order valence-corrected chi connectivity index (χ4v) is 4.49. The van der Waals surface area contributed by atoms with Gasteiger partial charge in [0.15, 0.2) is 5.13 Å². The van der Waals surface area contributed by atoms with Crippen molar-refractivity contribution in [2.45, 2.75) is 38.8 Å². The van der Waals surface area contributed by atoms with Gasteiger partial charge in [-0.15, -0.1) is 11.3 Å². The SMILES string of the molecule is CC1CC[NH+](Cc2csc(NC(=O)C[C@H]3OC(=O)c4ccccc43)n2)CC1. The number of carbonyl (C=O) groups is 2. The molecule has 1 fully saturated rings. The van der Waals surface area contributed by atoms with Crippen LogP contribution in [-0.2, 0) is 16.1 Å². The lowest BCUT2D eigenvalue weighted by Crippen LogP contribution is -3.11. The number of hydrogen-bond acceptors (Lipinski definition) is 5. The molecule has 1 amide bonds. The molecular weight excluding hydrogens is 362 g/mol. The van der Waals surface area contributed by atoms with Gasteiger partial charge in [0.1, 0.15) is 18.3 Å². The zero-order valence-electron chi connectivity index (χ0n) is 15.4. The van der Waals surface area contributed by atoms with E-state index in [9.17, 15) is 9.59 Å². The Morgan fingerprint density at radius 1 is 1.33 bits per heavy atom. The van der Waals surface area contributed by atoms with Crippen LogP contribution in [0.4, 0.5) is 5.13 Å². The maximum atomic E-state index is 12.4. The van der Waals surface area contributed by atoms with Crippen molar-refractivity contribution in [1.29, 1.82) is 0 Å². The number of carbonyl (C=O) groups excluding carboxylic acids is 2. The normalized spacial score (nSPS) is 24.3. The molecule has 1 saturated heterocycles. The molecule has 2 aliphatic rings.